The van der Waals surface area contributed by atoms with Crippen LogP contribution in [0, 0.1) is 0 Å². The summed E-state index contributed by atoms with van der Waals surface area (Å²) in [6, 6.07) is 0. The maximum Gasteiger partial charge on any atom is 0.300 e. The first-order valence-electron chi connectivity index (χ1n) is 4.09. The number of hydrogen-bond acceptors (Lipinski definition) is 3. The SMILES string of the molecule is FF.FF.FF.FF.FF.FF.FF.FF.FF.FF.FF.FF.FF.FF.FF.FF.FF.FF.FF.FF.FF.FF.O=COC=O.[V]. The second-order valence-corrected chi connectivity index (χ2v) is 0.329. The molecule has 3 nitrogen and oxygen atoms in total. The Labute approximate surface area is 249 Å². The minimum atomic E-state index is 0. The van der Waals surface area contributed by atoms with Gasteiger partial charge in [0.15, 0.2) is 0 Å². The third-order valence-electron chi connectivity index (χ3n) is 0.111. The summed E-state index contributed by atoms with van der Waals surface area (Å²) >= 11 is 0. The molecule has 341 valence electrons. The Hall–Kier alpha value is -3.36. The van der Waals surface area contributed by atoms with Crippen LogP contribution in [0.5, 0.6) is 0 Å². The number of halogens is 44. The summed E-state index contributed by atoms with van der Waals surface area (Å²) in [6.45, 7) is 0.125. The van der Waals surface area contributed by atoms with Gasteiger partial charge in [-0.15, -0.1) is 0 Å². The van der Waals surface area contributed by atoms with Crippen molar-refractivity contribution in [2.45, 2.75) is 0 Å². The van der Waals surface area contributed by atoms with Gasteiger partial charge in [-0.3, -0.25) is 9.59 Å². The first-order chi connectivity index (χ1) is 24.4. The van der Waals surface area contributed by atoms with E-state index in [4.69, 9.17) is 211 Å². The molecule has 0 bridgehead atoms. The first-order valence-corrected chi connectivity index (χ1v) is 4.09. The molecule has 0 spiro atoms. The molecular weight excluding hydrogens is 959 g/mol. The van der Waals surface area contributed by atoms with E-state index in [1.54, 1.807) is 0 Å². The summed E-state index contributed by atoms with van der Waals surface area (Å²) in [6.07, 6.45) is 0. The van der Waals surface area contributed by atoms with Crippen molar-refractivity contribution >= 4 is 12.9 Å². The van der Waals surface area contributed by atoms with E-state index in [1.807, 2.05) is 0 Å². The number of hydrogen-bond donors (Lipinski definition) is 0. The Bertz CT molecular complexity index is 64.5. The molecule has 0 aromatic carbocycles. The maximum absolute atomic E-state index is 8.95. The summed E-state index contributed by atoms with van der Waals surface area (Å²) in [5, 5.41) is 0. The van der Waals surface area contributed by atoms with Gasteiger partial charge in [-0.25, -0.2) is 0 Å². The van der Waals surface area contributed by atoms with Gasteiger partial charge in [-0.2, -0.15) is 0 Å². The van der Waals surface area contributed by atoms with Crippen LogP contribution < -0.4 is 0 Å². The fourth-order valence-electron chi connectivity index (χ4n) is 0.0227. The molecule has 0 rings (SSSR count). The average molecular weight is 961 g/mol. The third kappa shape index (κ3) is 46300. The van der Waals surface area contributed by atoms with Gasteiger partial charge in [0.05, 0.1) is 0 Å². The molecule has 0 N–H and O–H groups in total. The van der Waals surface area contributed by atoms with E-state index >= 15 is 0 Å². The molecule has 50 heavy (non-hydrogen) atoms. The van der Waals surface area contributed by atoms with E-state index in [2.05, 4.69) is 4.74 Å². The molecule has 0 fully saturated rings. The van der Waals surface area contributed by atoms with Gasteiger partial charge in [0.25, 0.3) is 0 Å². The summed E-state index contributed by atoms with van der Waals surface area (Å²) in [5.74, 6) is 0. The van der Waals surface area contributed by atoms with Crippen LogP contribution in [-0.2, 0) is 32.9 Å². The molecule has 0 unspecified atom stereocenters. The van der Waals surface area contributed by atoms with Crippen molar-refractivity contribution in [3.05, 3.63) is 0 Å². The zero-order chi connectivity index (χ0) is 48.1. The van der Waals surface area contributed by atoms with Crippen LogP contribution in [0.1, 0.15) is 0 Å². The minimum Gasteiger partial charge on any atom is -0.398 e. The Morgan fingerprint density at radius 2 is 0.220 bits per heavy atom. The zero-order valence-corrected chi connectivity index (χ0v) is 20.9. The van der Waals surface area contributed by atoms with Crippen molar-refractivity contribution in [1.82, 2.24) is 0 Å². The molecule has 48 heteroatoms. The zero-order valence-electron chi connectivity index (χ0n) is 19.5. The van der Waals surface area contributed by atoms with Crippen molar-refractivity contribution in [1.29, 1.82) is 0 Å². The van der Waals surface area contributed by atoms with E-state index in [9.17, 15) is 0 Å². The van der Waals surface area contributed by atoms with Gasteiger partial charge in [0.1, 0.15) is 0 Å². The van der Waals surface area contributed by atoms with Crippen LogP contribution in [0.25, 0.3) is 0 Å². The van der Waals surface area contributed by atoms with E-state index in [0.717, 1.165) is 0 Å². The van der Waals surface area contributed by atoms with Crippen LogP contribution in [0.15, 0.2) is 0 Å². The molecule has 0 aliphatic rings. The second kappa shape index (κ2) is 720000. The fourth-order valence-corrected chi connectivity index (χ4v) is 0.0227. The monoisotopic (exact) mass is 961 g/mol. The number of ether oxygens (including phenoxy) is 1. The Morgan fingerprint density at radius 1 is 0.180 bits per heavy atom. The van der Waals surface area contributed by atoms with Gasteiger partial charge in [-0.05, 0) is 0 Å². The number of carbonyl (C=O) groups is 2. The molecule has 0 atom stereocenters. The quantitative estimate of drug-likeness (QED) is 0.157. The van der Waals surface area contributed by atoms with E-state index in [1.165, 1.54) is 0 Å². The van der Waals surface area contributed by atoms with Gasteiger partial charge in [-0.1, -0.05) is 0 Å². The smallest absolute Gasteiger partial charge is 0.300 e. The van der Waals surface area contributed by atoms with Crippen molar-refractivity contribution in [2.75, 3.05) is 0 Å². The van der Waals surface area contributed by atoms with E-state index < -0.39 is 0 Å². The molecule has 0 heterocycles. The predicted octanol–water partition coefficient (Wildman–Crippen LogP) is 17.8. The molecule has 0 saturated heterocycles. The van der Waals surface area contributed by atoms with Gasteiger partial charge in [0, 0.05) is 220 Å². The Morgan fingerprint density at radius 3 is 0.220 bits per heavy atom. The van der Waals surface area contributed by atoms with Crippen LogP contribution in [-0.4, -0.2) is 12.9 Å². The second-order valence-electron chi connectivity index (χ2n) is 0.329. The van der Waals surface area contributed by atoms with E-state index in [-0.39, 0.29) is 31.5 Å². The largest absolute Gasteiger partial charge is 0.398 e. The van der Waals surface area contributed by atoms with Crippen molar-refractivity contribution < 1.29 is 234 Å². The van der Waals surface area contributed by atoms with Gasteiger partial charge >= 0.3 is 12.9 Å². The molecular formula is C2H2F44O3V. The maximum atomic E-state index is 8.95. The standard InChI is InChI=1S/C2H2O3.22F2.V/c3-1-5-2-4;22*1-2;/h1-2H;;;;;;;;;;;;;;;;;;;;;;;. The van der Waals surface area contributed by atoms with Crippen molar-refractivity contribution in [3.8, 4) is 0 Å². The molecule has 1 radical (unpaired) electrons. The molecule has 0 saturated carbocycles. The molecule has 0 aromatic heterocycles. The summed E-state index contributed by atoms with van der Waals surface area (Å²) in [5.41, 5.74) is 0. The molecule has 0 aliphatic carbocycles. The first kappa shape index (κ1) is 190. The van der Waals surface area contributed by atoms with Crippen molar-refractivity contribution in [2.24, 2.45) is 0 Å². The predicted molar refractivity (Wildman–Crippen MR) is 62.0 cm³/mol. The normalized spacial score (nSPS) is 3.20. The van der Waals surface area contributed by atoms with Gasteiger partial charge < -0.3 is 4.74 Å². The molecule has 0 amide bonds. The fraction of sp³-hybridized carbons (Fsp3) is 0. The minimum absolute atomic E-state index is 0. The Kier molecular flexibility index (Phi) is 2730000. The third-order valence-corrected chi connectivity index (χ3v) is 0.111. The van der Waals surface area contributed by atoms with Crippen LogP contribution in [0.3, 0.4) is 0 Å². The number of carbonyl (C=O) groups excluding carboxylic acids is 2. The summed E-state index contributed by atoms with van der Waals surface area (Å²) in [7, 11) is 0. The van der Waals surface area contributed by atoms with Crippen LogP contribution in [0.4, 0.5) is 201 Å². The molecule has 0 aromatic rings. The average Bonchev–Trinajstić information content (AvgIpc) is 3.33. The van der Waals surface area contributed by atoms with Crippen LogP contribution in [0.2, 0.25) is 0 Å². The Balaban J connectivity index is -0.00000000647. The number of rotatable bonds is 2. The topological polar surface area (TPSA) is 43.4 Å². The van der Waals surface area contributed by atoms with Gasteiger partial charge in [0.2, 0.25) is 0 Å². The van der Waals surface area contributed by atoms with Crippen molar-refractivity contribution in [3.63, 3.8) is 0 Å². The molecule has 0 aliphatic heterocycles. The van der Waals surface area contributed by atoms with Crippen LogP contribution >= 0.6 is 0 Å². The summed E-state index contributed by atoms with van der Waals surface area (Å²) < 4.78 is 355. The summed E-state index contributed by atoms with van der Waals surface area (Å²) in [4.78, 5) is 17.9. The van der Waals surface area contributed by atoms with E-state index in [0.29, 0.717) is 0 Å².